The molecule has 21 heavy (non-hydrogen) atoms. The van der Waals surface area contributed by atoms with Crippen molar-refractivity contribution < 1.29 is 9.53 Å². The summed E-state index contributed by atoms with van der Waals surface area (Å²) in [6.45, 7) is 9.82. The maximum atomic E-state index is 11.9. The Kier molecular flexibility index (Phi) is 4.30. The van der Waals surface area contributed by atoms with Crippen LogP contribution in [-0.4, -0.2) is 21.2 Å². The molecule has 1 aliphatic rings. The first-order valence-electron chi connectivity index (χ1n) is 7.73. The van der Waals surface area contributed by atoms with Gasteiger partial charge in [0.25, 0.3) is 0 Å². The Hall–Kier alpha value is -1.52. The summed E-state index contributed by atoms with van der Waals surface area (Å²) in [6, 6.07) is -0.125. The van der Waals surface area contributed by atoms with Gasteiger partial charge in [0.15, 0.2) is 0 Å². The Labute approximate surface area is 127 Å². The van der Waals surface area contributed by atoms with E-state index < -0.39 is 5.60 Å². The van der Waals surface area contributed by atoms with Crippen LogP contribution in [0.15, 0.2) is 12.5 Å². The van der Waals surface area contributed by atoms with E-state index in [0.717, 1.165) is 18.5 Å². The van der Waals surface area contributed by atoms with Crippen molar-refractivity contribution in [1.82, 2.24) is 14.9 Å². The highest BCUT2D eigenvalue weighted by Gasteiger charge is 2.33. The van der Waals surface area contributed by atoms with E-state index in [9.17, 15) is 4.79 Å². The molecular weight excluding hydrogens is 266 g/mol. The molecule has 0 bridgehead atoms. The van der Waals surface area contributed by atoms with Crippen molar-refractivity contribution in [3.8, 4) is 0 Å². The number of nitrogens with one attached hydrogen (secondary N) is 1. The summed E-state index contributed by atoms with van der Waals surface area (Å²) in [6.07, 6.45) is 8.16. The van der Waals surface area contributed by atoms with Crippen LogP contribution in [0.2, 0.25) is 0 Å². The number of amides is 1. The minimum Gasteiger partial charge on any atom is -0.444 e. The summed E-state index contributed by atoms with van der Waals surface area (Å²) in [5, 5.41) is 2.90. The number of nitrogens with zero attached hydrogens (tertiary/aromatic N) is 2. The summed E-state index contributed by atoms with van der Waals surface area (Å²) in [7, 11) is 0. The van der Waals surface area contributed by atoms with Gasteiger partial charge in [-0.3, -0.25) is 0 Å². The van der Waals surface area contributed by atoms with Crippen LogP contribution in [0.5, 0.6) is 0 Å². The number of hydrogen-bond acceptors (Lipinski definition) is 3. The van der Waals surface area contributed by atoms with Gasteiger partial charge in [0, 0.05) is 5.54 Å². The van der Waals surface area contributed by atoms with Crippen molar-refractivity contribution in [1.29, 1.82) is 0 Å². The Balaban J connectivity index is 2.09. The van der Waals surface area contributed by atoms with Crippen molar-refractivity contribution in [2.24, 2.45) is 0 Å². The summed E-state index contributed by atoms with van der Waals surface area (Å²) in [5.74, 6) is 0. The quantitative estimate of drug-likeness (QED) is 0.923. The fourth-order valence-electron chi connectivity index (χ4n) is 3.01. The Morgan fingerprint density at radius 1 is 1.43 bits per heavy atom. The van der Waals surface area contributed by atoms with Crippen molar-refractivity contribution >= 4 is 6.09 Å². The highest BCUT2D eigenvalue weighted by molar-refractivity contribution is 5.68. The summed E-state index contributed by atoms with van der Waals surface area (Å²) < 4.78 is 7.54. The van der Waals surface area contributed by atoms with Gasteiger partial charge in [-0.15, -0.1) is 0 Å². The molecule has 5 nitrogen and oxygen atoms in total. The minimum atomic E-state index is -0.485. The van der Waals surface area contributed by atoms with Crippen molar-refractivity contribution in [2.75, 3.05) is 0 Å². The minimum absolute atomic E-state index is 0.121. The number of imidazole rings is 1. The smallest absolute Gasteiger partial charge is 0.408 e. The zero-order valence-electron chi connectivity index (χ0n) is 13.8. The van der Waals surface area contributed by atoms with Crippen LogP contribution in [0.4, 0.5) is 4.79 Å². The van der Waals surface area contributed by atoms with E-state index in [2.05, 4.69) is 21.8 Å². The van der Waals surface area contributed by atoms with Crippen LogP contribution in [0.1, 0.15) is 72.0 Å². The molecule has 0 saturated heterocycles. The lowest BCUT2D eigenvalue weighted by molar-refractivity contribution is 0.0504. The number of hydrogen-bond donors (Lipinski definition) is 1. The first-order valence-corrected chi connectivity index (χ1v) is 7.73. The second-order valence-corrected chi connectivity index (χ2v) is 7.26. The van der Waals surface area contributed by atoms with E-state index in [1.807, 2.05) is 40.2 Å². The average molecular weight is 293 g/mol. The highest BCUT2D eigenvalue weighted by Crippen LogP contribution is 2.37. The first kappa shape index (κ1) is 15.9. The van der Waals surface area contributed by atoms with E-state index in [1.54, 1.807) is 0 Å². The Morgan fingerprint density at radius 2 is 2.05 bits per heavy atom. The van der Waals surface area contributed by atoms with Gasteiger partial charge < -0.3 is 14.6 Å². The van der Waals surface area contributed by atoms with E-state index in [-0.39, 0.29) is 17.7 Å². The van der Waals surface area contributed by atoms with Gasteiger partial charge in [-0.2, -0.15) is 0 Å². The molecule has 0 spiro atoms. The normalized spacial score (nSPS) is 19.3. The van der Waals surface area contributed by atoms with E-state index in [0.29, 0.717) is 0 Å². The molecule has 1 fully saturated rings. The maximum absolute atomic E-state index is 11.9. The SMILES string of the molecule is C[C@H](NC(=O)OC(C)(C)C)c1cncn1C1(C)CCCC1. The second kappa shape index (κ2) is 5.70. The number of ether oxygens (including phenoxy) is 1. The molecule has 1 amide bonds. The zero-order chi connectivity index (χ0) is 15.7. The van der Waals surface area contributed by atoms with Gasteiger partial charge in [0.05, 0.1) is 24.3 Å². The third-order valence-corrected chi connectivity index (χ3v) is 4.11. The van der Waals surface area contributed by atoms with Crippen LogP contribution in [-0.2, 0) is 10.3 Å². The third-order valence-electron chi connectivity index (χ3n) is 4.11. The molecule has 2 rings (SSSR count). The van der Waals surface area contributed by atoms with Crippen LogP contribution in [0.3, 0.4) is 0 Å². The van der Waals surface area contributed by atoms with E-state index in [1.165, 1.54) is 12.8 Å². The van der Waals surface area contributed by atoms with Gasteiger partial charge in [-0.25, -0.2) is 9.78 Å². The van der Waals surface area contributed by atoms with Crippen LogP contribution in [0, 0.1) is 0 Å². The van der Waals surface area contributed by atoms with Gasteiger partial charge >= 0.3 is 6.09 Å². The fourth-order valence-corrected chi connectivity index (χ4v) is 3.01. The standard InChI is InChI=1S/C16H27N3O2/c1-12(18-14(20)21-15(2,3)4)13-10-17-11-19(13)16(5)8-6-7-9-16/h10-12H,6-9H2,1-5H3,(H,18,20)/t12-/m0/s1. The second-order valence-electron chi connectivity index (χ2n) is 7.26. The molecule has 0 unspecified atom stereocenters. The van der Waals surface area contributed by atoms with Crippen LogP contribution < -0.4 is 5.32 Å². The Morgan fingerprint density at radius 3 is 2.62 bits per heavy atom. The van der Waals surface area contributed by atoms with Crippen LogP contribution >= 0.6 is 0 Å². The molecule has 0 radical (unpaired) electrons. The van der Waals surface area contributed by atoms with Crippen molar-refractivity contribution in [3.63, 3.8) is 0 Å². The maximum Gasteiger partial charge on any atom is 0.408 e. The average Bonchev–Trinajstić information content (AvgIpc) is 2.94. The first-order chi connectivity index (χ1) is 9.71. The highest BCUT2D eigenvalue weighted by atomic mass is 16.6. The number of aromatic nitrogens is 2. The van der Waals surface area contributed by atoms with E-state index >= 15 is 0 Å². The molecule has 1 aromatic heterocycles. The van der Waals surface area contributed by atoms with E-state index in [4.69, 9.17) is 4.74 Å². The fraction of sp³-hybridized carbons (Fsp3) is 0.750. The monoisotopic (exact) mass is 293 g/mol. The number of carbonyl (C=O) groups is 1. The molecule has 1 saturated carbocycles. The lowest BCUT2D eigenvalue weighted by Gasteiger charge is -2.30. The van der Waals surface area contributed by atoms with Crippen molar-refractivity contribution in [2.45, 2.75) is 77.5 Å². The number of carbonyl (C=O) groups excluding carboxylic acids is 1. The molecule has 5 heteroatoms. The van der Waals surface area contributed by atoms with Crippen LogP contribution in [0.25, 0.3) is 0 Å². The summed E-state index contributed by atoms with van der Waals surface area (Å²) in [4.78, 5) is 16.2. The van der Waals surface area contributed by atoms with Gasteiger partial charge in [-0.1, -0.05) is 12.8 Å². The summed E-state index contributed by atoms with van der Waals surface area (Å²) in [5.41, 5.74) is 0.669. The molecule has 1 heterocycles. The van der Waals surface area contributed by atoms with Gasteiger partial charge in [0.1, 0.15) is 5.60 Å². The van der Waals surface area contributed by atoms with Gasteiger partial charge in [-0.05, 0) is 47.5 Å². The Bertz CT molecular complexity index is 496. The lowest BCUT2D eigenvalue weighted by Crippen LogP contribution is -2.36. The molecule has 1 atom stereocenters. The number of alkyl carbamates (subject to hydrolysis) is 1. The predicted octanol–water partition coefficient (Wildman–Crippen LogP) is 3.76. The lowest BCUT2D eigenvalue weighted by atomic mass is 9.99. The molecular formula is C16H27N3O2. The zero-order valence-corrected chi connectivity index (χ0v) is 13.8. The topological polar surface area (TPSA) is 56.1 Å². The summed E-state index contributed by atoms with van der Waals surface area (Å²) >= 11 is 0. The molecule has 1 N–H and O–H groups in total. The molecule has 0 aliphatic heterocycles. The molecule has 118 valence electrons. The van der Waals surface area contributed by atoms with Gasteiger partial charge in [0.2, 0.25) is 0 Å². The largest absolute Gasteiger partial charge is 0.444 e. The number of rotatable bonds is 3. The third kappa shape index (κ3) is 3.77. The predicted molar refractivity (Wildman–Crippen MR) is 82.1 cm³/mol. The molecule has 0 aromatic carbocycles. The van der Waals surface area contributed by atoms with Crippen molar-refractivity contribution in [3.05, 3.63) is 18.2 Å². The molecule has 1 aromatic rings. The molecule has 1 aliphatic carbocycles.